The predicted molar refractivity (Wildman–Crippen MR) is 77.2 cm³/mol. The quantitative estimate of drug-likeness (QED) is 0.867. The van der Waals surface area contributed by atoms with E-state index in [2.05, 4.69) is 15.9 Å². The molecule has 0 saturated carbocycles. The molecular weight excluding hydrogens is 308 g/mol. The van der Waals surface area contributed by atoms with Gasteiger partial charge in [0.15, 0.2) is 0 Å². The molecular formula is C15H19BrO3. The first-order valence-electron chi connectivity index (χ1n) is 6.74. The molecule has 0 amide bonds. The summed E-state index contributed by atoms with van der Waals surface area (Å²) < 4.78 is 6.57. The fourth-order valence-corrected chi connectivity index (χ4v) is 2.74. The van der Waals surface area contributed by atoms with Crippen molar-refractivity contribution in [1.29, 1.82) is 0 Å². The molecule has 1 aromatic carbocycles. The van der Waals surface area contributed by atoms with Crippen LogP contribution in [0.1, 0.15) is 31.2 Å². The van der Waals surface area contributed by atoms with Crippen molar-refractivity contribution in [2.75, 3.05) is 6.61 Å². The fourth-order valence-electron chi connectivity index (χ4n) is 2.48. The van der Waals surface area contributed by atoms with Crippen molar-refractivity contribution in [2.24, 2.45) is 5.92 Å². The van der Waals surface area contributed by atoms with Crippen LogP contribution >= 0.6 is 15.9 Å². The van der Waals surface area contributed by atoms with E-state index in [9.17, 15) is 9.90 Å². The summed E-state index contributed by atoms with van der Waals surface area (Å²) in [5.74, 6) is -1.02. The number of aliphatic carboxylic acids is 1. The molecule has 0 spiro atoms. The third-order valence-electron chi connectivity index (χ3n) is 3.61. The molecule has 1 fully saturated rings. The smallest absolute Gasteiger partial charge is 0.306 e. The van der Waals surface area contributed by atoms with Crippen LogP contribution in [0.25, 0.3) is 0 Å². The Morgan fingerprint density at radius 2 is 2.16 bits per heavy atom. The number of benzene rings is 1. The van der Waals surface area contributed by atoms with Crippen LogP contribution in [0.2, 0.25) is 0 Å². The van der Waals surface area contributed by atoms with Crippen LogP contribution < -0.4 is 0 Å². The molecule has 2 rings (SSSR count). The minimum absolute atomic E-state index is 0.270. The number of carboxylic acid groups (broad SMARTS) is 1. The Morgan fingerprint density at radius 1 is 1.42 bits per heavy atom. The lowest BCUT2D eigenvalue weighted by Gasteiger charge is -2.15. The van der Waals surface area contributed by atoms with Crippen LogP contribution in [0.15, 0.2) is 28.7 Å². The highest BCUT2D eigenvalue weighted by atomic mass is 79.9. The summed E-state index contributed by atoms with van der Waals surface area (Å²) in [5.41, 5.74) is 1.07. The molecule has 0 bridgehead atoms. The predicted octanol–water partition coefficient (Wildman–Crippen LogP) is 3.65. The fraction of sp³-hybridized carbons (Fsp3) is 0.533. The minimum atomic E-state index is -0.707. The van der Waals surface area contributed by atoms with Gasteiger partial charge in [-0.25, -0.2) is 0 Å². The van der Waals surface area contributed by atoms with Gasteiger partial charge in [0.05, 0.1) is 12.0 Å². The van der Waals surface area contributed by atoms with E-state index in [1.54, 1.807) is 0 Å². The third kappa shape index (κ3) is 4.62. The summed E-state index contributed by atoms with van der Waals surface area (Å²) in [6.07, 6.45) is 4.59. The van der Waals surface area contributed by atoms with Crippen molar-refractivity contribution in [1.82, 2.24) is 0 Å². The first-order chi connectivity index (χ1) is 9.15. The van der Waals surface area contributed by atoms with E-state index >= 15 is 0 Å². The SMILES string of the molecule is O=C(O)C(CCC1CCCO1)Cc1ccc(Br)cc1. The molecule has 19 heavy (non-hydrogen) atoms. The second kappa shape index (κ2) is 7.06. The summed E-state index contributed by atoms with van der Waals surface area (Å²) in [6.45, 7) is 0.828. The molecule has 104 valence electrons. The van der Waals surface area contributed by atoms with E-state index in [0.29, 0.717) is 12.8 Å². The van der Waals surface area contributed by atoms with Crippen molar-refractivity contribution in [3.8, 4) is 0 Å². The van der Waals surface area contributed by atoms with E-state index < -0.39 is 5.97 Å². The zero-order chi connectivity index (χ0) is 13.7. The Morgan fingerprint density at radius 3 is 2.74 bits per heavy atom. The molecule has 1 aromatic rings. The normalized spacial score (nSPS) is 20.4. The molecule has 0 radical (unpaired) electrons. The highest BCUT2D eigenvalue weighted by Gasteiger charge is 2.22. The summed E-state index contributed by atoms with van der Waals surface area (Å²) >= 11 is 3.38. The van der Waals surface area contributed by atoms with Gasteiger partial charge in [-0.05, 0) is 49.8 Å². The van der Waals surface area contributed by atoms with Gasteiger partial charge in [0, 0.05) is 11.1 Å². The maximum absolute atomic E-state index is 11.3. The van der Waals surface area contributed by atoms with Crippen molar-refractivity contribution in [3.05, 3.63) is 34.3 Å². The zero-order valence-corrected chi connectivity index (χ0v) is 12.4. The lowest BCUT2D eigenvalue weighted by atomic mass is 9.93. The van der Waals surface area contributed by atoms with Gasteiger partial charge in [0.25, 0.3) is 0 Å². The van der Waals surface area contributed by atoms with Crippen LogP contribution in [0.3, 0.4) is 0 Å². The summed E-state index contributed by atoms with van der Waals surface area (Å²) in [4.78, 5) is 11.3. The van der Waals surface area contributed by atoms with Gasteiger partial charge in [-0.1, -0.05) is 28.1 Å². The number of halogens is 1. The average molecular weight is 327 g/mol. The molecule has 0 aromatic heterocycles. The zero-order valence-electron chi connectivity index (χ0n) is 10.8. The first-order valence-corrected chi connectivity index (χ1v) is 7.53. The highest BCUT2D eigenvalue weighted by Crippen LogP contribution is 2.22. The Labute approximate surface area is 122 Å². The van der Waals surface area contributed by atoms with Crippen LogP contribution in [-0.2, 0) is 16.0 Å². The highest BCUT2D eigenvalue weighted by molar-refractivity contribution is 9.10. The minimum Gasteiger partial charge on any atom is -0.481 e. The number of ether oxygens (including phenoxy) is 1. The first kappa shape index (κ1) is 14.5. The van der Waals surface area contributed by atoms with Gasteiger partial charge < -0.3 is 9.84 Å². The molecule has 4 heteroatoms. The van der Waals surface area contributed by atoms with Crippen LogP contribution in [-0.4, -0.2) is 23.8 Å². The Hall–Kier alpha value is -0.870. The molecule has 1 aliphatic rings. The summed E-state index contributed by atoms with van der Waals surface area (Å²) in [7, 11) is 0. The second-order valence-corrected chi connectivity index (χ2v) is 5.99. The molecule has 1 N–H and O–H groups in total. The van der Waals surface area contributed by atoms with E-state index in [4.69, 9.17) is 4.74 Å². The monoisotopic (exact) mass is 326 g/mol. The number of rotatable bonds is 6. The van der Waals surface area contributed by atoms with Gasteiger partial charge in [-0.15, -0.1) is 0 Å². The Bertz CT molecular complexity index is 410. The second-order valence-electron chi connectivity index (χ2n) is 5.08. The number of hydrogen-bond acceptors (Lipinski definition) is 2. The molecule has 2 atom stereocenters. The summed E-state index contributed by atoms with van der Waals surface area (Å²) in [5, 5.41) is 9.31. The van der Waals surface area contributed by atoms with Gasteiger partial charge >= 0.3 is 5.97 Å². The maximum Gasteiger partial charge on any atom is 0.306 e. The summed E-state index contributed by atoms with van der Waals surface area (Å²) in [6, 6.07) is 7.86. The van der Waals surface area contributed by atoms with E-state index in [1.807, 2.05) is 24.3 Å². The molecule has 2 unspecified atom stereocenters. The lowest BCUT2D eigenvalue weighted by molar-refractivity contribution is -0.142. The molecule has 1 saturated heterocycles. The number of hydrogen-bond donors (Lipinski definition) is 1. The average Bonchev–Trinajstić information content (AvgIpc) is 2.89. The maximum atomic E-state index is 11.3. The molecule has 1 heterocycles. The van der Waals surface area contributed by atoms with Crippen LogP contribution in [0.4, 0.5) is 0 Å². The van der Waals surface area contributed by atoms with Gasteiger partial charge in [-0.2, -0.15) is 0 Å². The van der Waals surface area contributed by atoms with Crippen molar-refractivity contribution >= 4 is 21.9 Å². The molecule has 0 aliphatic carbocycles. The Balaban J connectivity index is 1.88. The molecule has 1 aliphatic heterocycles. The van der Waals surface area contributed by atoms with Crippen LogP contribution in [0, 0.1) is 5.92 Å². The van der Waals surface area contributed by atoms with Crippen molar-refractivity contribution in [3.63, 3.8) is 0 Å². The third-order valence-corrected chi connectivity index (χ3v) is 4.13. The molecule has 3 nitrogen and oxygen atoms in total. The largest absolute Gasteiger partial charge is 0.481 e. The number of carbonyl (C=O) groups is 1. The van der Waals surface area contributed by atoms with Gasteiger partial charge in [0.2, 0.25) is 0 Å². The topological polar surface area (TPSA) is 46.5 Å². The lowest BCUT2D eigenvalue weighted by Crippen LogP contribution is -2.19. The van der Waals surface area contributed by atoms with E-state index in [0.717, 1.165) is 35.9 Å². The number of carboxylic acids is 1. The van der Waals surface area contributed by atoms with Crippen LogP contribution in [0.5, 0.6) is 0 Å². The van der Waals surface area contributed by atoms with E-state index in [1.165, 1.54) is 0 Å². The Kier molecular flexibility index (Phi) is 5.40. The van der Waals surface area contributed by atoms with Gasteiger partial charge in [-0.3, -0.25) is 4.79 Å². The van der Waals surface area contributed by atoms with E-state index in [-0.39, 0.29) is 12.0 Å². The van der Waals surface area contributed by atoms with Crippen molar-refractivity contribution in [2.45, 2.75) is 38.2 Å². The standard InChI is InChI=1S/C15H19BrO3/c16-13-6-3-11(4-7-13)10-12(15(17)18)5-8-14-2-1-9-19-14/h3-4,6-7,12,14H,1-2,5,8-10H2,(H,17,18). The van der Waals surface area contributed by atoms with Gasteiger partial charge in [0.1, 0.15) is 0 Å². The van der Waals surface area contributed by atoms with Crippen molar-refractivity contribution < 1.29 is 14.6 Å².